The summed E-state index contributed by atoms with van der Waals surface area (Å²) in [5, 5.41) is 3.54. The van der Waals surface area contributed by atoms with Crippen molar-refractivity contribution in [2.45, 2.75) is 32.9 Å². The summed E-state index contributed by atoms with van der Waals surface area (Å²) in [6.45, 7) is 9.59. The van der Waals surface area contributed by atoms with E-state index in [-0.39, 0.29) is 0 Å². The van der Waals surface area contributed by atoms with Crippen LogP contribution in [0.25, 0.3) is 0 Å². The first-order chi connectivity index (χ1) is 11.7. The third kappa shape index (κ3) is 2.98. The molecule has 1 aromatic heterocycles. The van der Waals surface area contributed by atoms with Crippen LogP contribution in [0.3, 0.4) is 0 Å². The Morgan fingerprint density at radius 2 is 2.04 bits per heavy atom. The second-order valence-electron chi connectivity index (χ2n) is 7.08. The number of rotatable bonds is 2. The Balaban J connectivity index is 1.63. The first-order valence-electron chi connectivity index (χ1n) is 8.97. The molecule has 0 amide bonds. The molecule has 3 heterocycles. The summed E-state index contributed by atoms with van der Waals surface area (Å²) < 4.78 is 0. The van der Waals surface area contributed by atoms with E-state index in [2.05, 4.69) is 64.3 Å². The molecule has 1 fully saturated rings. The minimum absolute atomic E-state index is 0.549. The Bertz CT molecular complexity index is 710. The van der Waals surface area contributed by atoms with E-state index in [9.17, 15) is 0 Å². The molecule has 1 aromatic carbocycles. The van der Waals surface area contributed by atoms with Crippen molar-refractivity contribution in [1.29, 1.82) is 0 Å². The van der Waals surface area contributed by atoms with Crippen molar-refractivity contribution in [1.82, 2.24) is 10.3 Å². The van der Waals surface area contributed by atoms with Gasteiger partial charge in [-0.25, -0.2) is 4.98 Å². The van der Waals surface area contributed by atoms with Crippen molar-refractivity contribution >= 4 is 11.5 Å². The van der Waals surface area contributed by atoms with Crippen LogP contribution in [0.15, 0.2) is 36.5 Å². The van der Waals surface area contributed by atoms with E-state index in [1.165, 1.54) is 22.4 Å². The van der Waals surface area contributed by atoms with E-state index in [1.807, 2.05) is 6.20 Å². The lowest BCUT2D eigenvalue weighted by Gasteiger charge is -2.38. The van der Waals surface area contributed by atoms with Crippen LogP contribution >= 0.6 is 0 Å². The third-order valence-electron chi connectivity index (χ3n) is 5.18. The van der Waals surface area contributed by atoms with Crippen LogP contribution in [0.1, 0.15) is 23.6 Å². The standard InChI is InChI=1S/C20H26N4/c1-15-6-7-20(22-12-15)24-10-8-17-4-3-5-19(18(17)14-24)23-11-9-21-16(2)13-23/h3-7,12,16,21H,8-11,13-14H2,1-2H3. The molecule has 4 nitrogen and oxygen atoms in total. The number of nitrogens with zero attached hydrogens (tertiary/aromatic N) is 3. The molecule has 0 bridgehead atoms. The Hall–Kier alpha value is -2.07. The van der Waals surface area contributed by atoms with Crippen LogP contribution < -0.4 is 15.1 Å². The van der Waals surface area contributed by atoms with E-state index in [0.717, 1.165) is 45.0 Å². The number of benzene rings is 1. The molecule has 2 aromatic rings. The van der Waals surface area contributed by atoms with E-state index in [1.54, 1.807) is 0 Å². The number of piperazine rings is 1. The number of aromatic nitrogens is 1. The highest BCUT2D eigenvalue weighted by Crippen LogP contribution is 2.31. The van der Waals surface area contributed by atoms with Crippen LogP contribution in [0.5, 0.6) is 0 Å². The minimum atomic E-state index is 0.549. The molecule has 0 saturated carbocycles. The average molecular weight is 322 g/mol. The normalized spacial score (nSPS) is 20.8. The lowest BCUT2D eigenvalue weighted by atomic mass is 9.96. The number of pyridine rings is 1. The minimum Gasteiger partial charge on any atom is -0.368 e. The van der Waals surface area contributed by atoms with Crippen LogP contribution in [0, 0.1) is 6.92 Å². The van der Waals surface area contributed by atoms with Gasteiger partial charge in [0, 0.05) is 50.6 Å². The lowest BCUT2D eigenvalue weighted by Crippen LogP contribution is -2.49. The van der Waals surface area contributed by atoms with Gasteiger partial charge in [0.2, 0.25) is 0 Å². The largest absolute Gasteiger partial charge is 0.368 e. The van der Waals surface area contributed by atoms with Gasteiger partial charge in [-0.05, 0) is 49.1 Å². The quantitative estimate of drug-likeness (QED) is 0.921. The van der Waals surface area contributed by atoms with E-state index >= 15 is 0 Å². The van der Waals surface area contributed by atoms with Crippen LogP contribution in [-0.4, -0.2) is 37.2 Å². The zero-order chi connectivity index (χ0) is 16.5. The number of hydrogen-bond donors (Lipinski definition) is 1. The highest BCUT2D eigenvalue weighted by molar-refractivity contribution is 5.60. The number of anilines is 2. The molecule has 1 N–H and O–H groups in total. The zero-order valence-electron chi connectivity index (χ0n) is 14.6. The smallest absolute Gasteiger partial charge is 0.128 e. The number of aryl methyl sites for hydroxylation is 1. The van der Waals surface area contributed by atoms with E-state index in [0.29, 0.717) is 6.04 Å². The van der Waals surface area contributed by atoms with Gasteiger partial charge in [-0.1, -0.05) is 18.2 Å². The molecule has 2 aliphatic rings. The first kappa shape index (κ1) is 15.5. The van der Waals surface area contributed by atoms with Gasteiger partial charge in [0.05, 0.1) is 0 Å². The fourth-order valence-electron chi connectivity index (χ4n) is 3.85. The summed E-state index contributed by atoms with van der Waals surface area (Å²) in [6.07, 6.45) is 3.06. The molecular weight excluding hydrogens is 296 g/mol. The second kappa shape index (κ2) is 6.44. The predicted octanol–water partition coefficient (Wildman–Crippen LogP) is 2.75. The molecule has 1 saturated heterocycles. The van der Waals surface area contributed by atoms with Gasteiger partial charge in [0.15, 0.2) is 0 Å². The third-order valence-corrected chi connectivity index (χ3v) is 5.18. The lowest BCUT2D eigenvalue weighted by molar-refractivity contribution is 0.483. The number of nitrogens with one attached hydrogen (secondary N) is 1. The zero-order valence-corrected chi connectivity index (χ0v) is 14.6. The van der Waals surface area contributed by atoms with Gasteiger partial charge in [0.25, 0.3) is 0 Å². The van der Waals surface area contributed by atoms with Crippen LogP contribution in [-0.2, 0) is 13.0 Å². The van der Waals surface area contributed by atoms with Crippen molar-refractivity contribution < 1.29 is 0 Å². The molecule has 1 atom stereocenters. The molecular formula is C20H26N4. The van der Waals surface area contributed by atoms with Crippen LogP contribution in [0.2, 0.25) is 0 Å². The van der Waals surface area contributed by atoms with Gasteiger partial charge < -0.3 is 15.1 Å². The van der Waals surface area contributed by atoms with Crippen molar-refractivity contribution in [2.24, 2.45) is 0 Å². The summed E-state index contributed by atoms with van der Waals surface area (Å²) in [5.41, 5.74) is 5.62. The molecule has 126 valence electrons. The summed E-state index contributed by atoms with van der Waals surface area (Å²) in [6, 6.07) is 11.7. The number of fused-ring (bicyclic) bond motifs is 1. The summed E-state index contributed by atoms with van der Waals surface area (Å²) >= 11 is 0. The average Bonchev–Trinajstić information content (AvgIpc) is 2.61. The Morgan fingerprint density at radius 3 is 2.83 bits per heavy atom. The maximum Gasteiger partial charge on any atom is 0.128 e. The second-order valence-corrected chi connectivity index (χ2v) is 7.08. The molecule has 0 spiro atoms. The Labute approximate surface area is 144 Å². The predicted molar refractivity (Wildman–Crippen MR) is 99.8 cm³/mol. The molecule has 4 rings (SSSR count). The van der Waals surface area contributed by atoms with Crippen LogP contribution in [0.4, 0.5) is 11.5 Å². The van der Waals surface area contributed by atoms with Gasteiger partial charge in [-0.3, -0.25) is 0 Å². The Morgan fingerprint density at radius 1 is 1.12 bits per heavy atom. The van der Waals surface area contributed by atoms with Gasteiger partial charge in [0.1, 0.15) is 5.82 Å². The number of hydrogen-bond acceptors (Lipinski definition) is 4. The molecule has 0 radical (unpaired) electrons. The van der Waals surface area contributed by atoms with Gasteiger partial charge in [-0.2, -0.15) is 0 Å². The molecule has 2 aliphatic heterocycles. The SMILES string of the molecule is Cc1ccc(N2CCc3cccc(N4CCNC(C)C4)c3C2)nc1. The van der Waals surface area contributed by atoms with Crippen molar-refractivity contribution in [2.75, 3.05) is 36.0 Å². The fraction of sp³-hybridized carbons (Fsp3) is 0.450. The highest BCUT2D eigenvalue weighted by Gasteiger charge is 2.24. The summed E-state index contributed by atoms with van der Waals surface area (Å²) in [4.78, 5) is 9.59. The maximum atomic E-state index is 4.63. The molecule has 4 heteroatoms. The van der Waals surface area contributed by atoms with Gasteiger partial charge >= 0.3 is 0 Å². The van der Waals surface area contributed by atoms with E-state index in [4.69, 9.17) is 0 Å². The van der Waals surface area contributed by atoms with Crippen molar-refractivity contribution in [3.05, 3.63) is 53.2 Å². The highest BCUT2D eigenvalue weighted by atomic mass is 15.2. The Kier molecular flexibility index (Phi) is 4.15. The molecule has 1 unspecified atom stereocenters. The fourth-order valence-corrected chi connectivity index (χ4v) is 3.85. The maximum absolute atomic E-state index is 4.63. The monoisotopic (exact) mass is 322 g/mol. The van der Waals surface area contributed by atoms with Crippen molar-refractivity contribution in [3.63, 3.8) is 0 Å². The van der Waals surface area contributed by atoms with Gasteiger partial charge in [-0.15, -0.1) is 0 Å². The van der Waals surface area contributed by atoms with Crippen molar-refractivity contribution in [3.8, 4) is 0 Å². The topological polar surface area (TPSA) is 31.4 Å². The molecule has 24 heavy (non-hydrogen) atoms. The summed E-state index contributed by atoms with van der Waals surface area (Å²) in [7, 11) is 0. The molecule has 0 aliphatic carbocycles. The first-order valence-corrected chi connectivity index (χ1v) is 8.97. The van der Waals surface area contributed by atoms with E-state index < -0.39 is 0 Å². The summed E-state index contributed by atoms with van der Waals surface area (Å²) in [5.74, 6) is 1.09.